The third-order valence-electron chi connectivity index (χ3n) is 16.0. The van der Waals surface area contributed by atoms with Gasteiger partial charge in [0, 0.05) is 19.3 Å². The smallest absolute Gasteiger partial charge is 0.463 e. The molecule has 5 atom stereocenters. The maximum Gasteiger partial charge on any atom is 0.472 e. The Bertz CT molecular complexity index is 2420. The van der Waals surface area contributed by atoms with E-state index in [1.807, 2.05) is 0 Å². The van der Waals surface area contributed by atoms with Crippen LogP contribution in [0.5, 0.6) is 0 Å². The van der Waals surface area contributed by atoms with Gasteiger partial charge in [0.2, 0.25) is 0 Å². The Hall–Kier alpha value is -4.57. The van der Waals surface area contributed by atoms with Gasteiger partial charge in [-0.3, -0.25) is 32.5 Å². The predicted octanol–water partition coefficient (Wildman–Crippen LogP) is 22.9. The number of esters is 3. The Kier molecular flexibility index (Phi) is 71.7. The lowest BCUT2D eigenvalue weighted by molar-refractivity contribution is -0.161. The van der Waals surface area contributed by atoms with Gasteiger partial charge < -0.3 is 34.2 Å². The SMILES string of the molecule is CC/C=C\C/C=C\C/C=C\C/C=C\C/C=C\CCCCCCCCCC(=O)OCC(COP(=O)(O)OCC(O)COP(=O)(O)OCC(O)COC(=O)CCCCCCCCCCCCC/C=C\C/C=C\C/C=C\C/C=C\CCCCC)OC(=O)CCCCCCC/C=C\C/C=C\C/C=C\CC. The van der Waals surface area contributed by atoms with Crippen LogP contribution in [0.15, 0.2) is 146 Å². The molecule has 0 aromatic rings. The third kappa shape index (κ3) is 76.4. The molecule has 0 rings (SSSR count). The Morgan fingerprint density at radius 2 is 0.525 bits per heavy atom. The van der Waals surface area contributed by atoms with Crippen LogP contribution in [0.1, 0.15) is 303 Å². The molecule has 5 unspecified atom stereocenters. The summed E-state index contributed by atoms with van der Waals surface area (Å²) in [6.45, 7) is 2.39. The standard InChI is InChI=1S/C83H140O16P2/c1-4-7-10-13-16-19-22-25-28-30-32-34-36-37-38-39-41-43-44-46-49-51-54-57-60-63-66-69-81(86)93-72-78(84)73-95-100(89,90)96-74-79(85)75-97-101(91,92)98-77-80(99-83(88)71-68-65-62-59-56-53-48-27-24-21-18-15-12-9-6-3)76-94-82(87)70-67-64-61-58-55-52-50-47-45-42-40-35-33-31-29-26-23-20-17-14-11-8-5-2/h8-9,11-12,16-21,25-29,32-35,37-38,42,45,48,78-80,84-85H,4-7,10,13-15,22-24,30-31,36,39-41,43-44,46-47,49-77H2,1-3H3,(H,89,90)(H,91,92)/b11-8-,12-9-,19-16-,20-17-,21-18-,28-25-,29-26-,34-32-,35-33-,38-37-,45-42-,48-27-. The summed E-state index contributed by atoms with van der Waals surface area (Å²) in [6, 6.07) is 0. The van der Waals surface area contributed by atoms with Crippen LogP contribution in [0, 0.1) is 0 Å². The van der Waals surface area contributed by atoms with Crippen molar-refractivity contribution in [2.75, 3.05) is 39.6 Å². The zero-order chi connectivity index (χ0) is 73.7. The quantitative estimate of drug-likeness (QED) is 0.0146. The molecular formula is C83H140O16P2. The largest absolute Gasteiger partial charge is 0.472 e. The van der Waals surface area contributed by atoms with E-state index in [-0.39, 0.29) is 19.3 Å². The normalized spacial score (nSPS) is 14.8. The number of hydrogen-bond donors (Lipinski definition) is 4. The zero-order valence-electron chi connectivity index (χ0n) is 63.0. The summed E-state index contributed by atoms with van der Waals surface area (Å²) in [6.07, 6.45) is 91.8. The number of phosphoric acid groups is 2. The first kappa shape index (κ1) is 96.4. The second-order valence-corrected chi connectivity index (χ2v) is 28.7. The first-order chi connectivity index (χ1) is 49.2. The van der Waals surface area contributed by atoms with Gasteiger partial charge in [0.25, 0.3) is 0 Å². The lowest BCUT2D eigenvalue weighted by Crippen LogP contribution is -2.30. The van der Waals surface area contributed by atoms with Gasteiger partial charge >= 0.3 is 33.6 Å². The van der Waals surface area contributed by atoms with Crippen LogP contribution in [0.2, 0.25) is 0 Å². The highest BCUT2D eigenvalue weighted by molar-refractivity contribution is 7.47. The third-order valence-corrected chi connectivity index (χ3v) is 17.9. The summed E-state index contributed by atoms with van der Waals surface area (Å²) < 4.78 is 61.1. The number of carbonyl (C=O) groups excluding carboxylic acids is 3. The number of aliphatic hydroxyl groups excluding tert-OH is 2. The molecule has 0 spiro atoms. The molecule has 578 valence electrons. The average Bonchev–Trinajstić information content (AvgIpc) is 0.944. The fourth-order valence-corrected chi connectivity index (χ4v) is 11.7. The van der Waals surface area contributed by atoms with Gasteiger partial charge in [-0.1, -0.05) is 289 Å². The molecule has 0 saturated heterocycles. The number of unbranched alkanes of at least 4 members (excludes halogenated alkanes) is 26. The van der Waals surface area contributed by atoms with Crippen molar-refractivity contribution in [3.05, 3.63) is 146 Å². The molecule has 0 amide bonds. The summed E-state index contributed by atoms with van der Waals surface area (Å²) in [5, 5.41) is 20.6. The van der Waals surface area contributed by atoms with Crippen LogP contribution in [0.25, 0.3) is 0 Å². The van der Waals surface area contributed by atoms with E-state index in [1.165, 1.54) is 70.6 Å². The molecule has 0 aliphatic rings. The maximum absolute atomic E-state index is 13.0. The fraction of sp³-hybridized carbons (Fsp3) is 0.675. The first-order valence-corrected chi connectivity index (χ1v) is 42.1. The molecule has 0 aliphatic carbocycles. The number of rotatable bonds is 73. The monoisotopic (exact) mass is 1450 g/mol. The van der Waals surface area contributed by atoms with Crippen molar-refractivity contribution in [1.29, 1.82) is 0 Å². The molecule has 101 heavy (non-hydrogen) atoms. The van der Waals surface area contributed by atoms with Crippen molar-refractivity contribution in [1.82, 2.24) is 0 Å². The van der Waals surface area contributed by atoms with Crippen molar-refractivity contribution in [2.24, 2.45) is 0 Å². The number of hydrogen-bond acceptors (Lipinski definition) is 14. The minimum Gasteiger partial charge on any atom is -0.463 e. The molecule has 0 aromatic carbocycles. The van der Waals surface area contributed by atoms with Crippen molar-refractivity contribution in [2.45, 2.75) is 322 Å². The topological polar surface area (TPSA) is 231 Å². The summed E-state index contributed by atoms with van der Waals surface area (Å²) >= 11 is 0. The number of aliphatic hydroxyl groups is 2. The molecule has 16 nitrogen and oxygen atoms in total. The molecule has 18 heteroatoms. The van der Waals surface area contributed by atoms with E-state index in [2.05, 4.69) is 167 Å². The van der Waals surface area contributed by atoms with Crippen molar-refractivity contribution >= 4 is 33.6 Å². The van der Waals surface area contributed by atoms with Gasteiger partial charge in [0.1, 0.15) is 25.4 Å². The zero-order valence-corrected chi connectivity index (χ0v) is 64.8. The number of carbonyl (C=O) groups is 3. The molecule has 0 heterocycles. The molecule has 0 aliphatic heterocycles. The number of phosphoric ester groups is 2. The summed E-state index contributed by atoms with van der Waals surface area (Å²) in [5.74, 6) is -1.61. The van der Waals surface area contributed by atoms with Crippen molar-refractivity contribution in [3.8, 4) is 0 Å². The van der Waals surface area contributed by atoms with E-state index in [0.29, 0.717) is 19.3 Å². The van der Waals surface area contributed by atoms with E-state index in [4.69, 9.17) is 32.3 Å². The van der Waals surface area contributed by atoms with E-state index in [9.17, 15) is 43.5 Å². The summed E-state index contributed by atoms with van der Waals surface area (Å²) in [4.78, 5) is 58.6. The highest BCUT2D eigenvalue weighted by atomic mass is 31.2. The molecule has 0 aromatic heterocycles. The van der Waals surface area contributed by atoms with E-state index >= 15 is 0 Å². The average molecular weight is 1460 g/mol. The summed E-state index contributed by atoms with van der Waals surface area (Å²) in [5.41, 5.74) is 0. The van der Waals surface area contributed by atoms with Crippen LogP contribution < -0.4 is 0 Å². The minimum atomic E-state index is -4.94. The van der Waals surface area contributed by atoms with Gasteiger partial charge in [-0.05, 0) is 141 Å². The van der Waals surface area contributed by atoms with Crippen molar-refractivity contribution in [3.63, 3.8) is 0 Å². The van der Waals surface area contributed by atoms with Gasteiger partial charge in [-0.15, -0.1) is 0 Å². The first-order valence-electron chi connectivity index (χ1n) is 39.1. The predicted molar refractivity (Wildman–Crippen MR) is 417 cm³/mol. The second kappa shape index (κ2) is 75.1. The van der Waals surface area contributed by atoms with Gasteiger partial charge in [-0.25, -0.2) is 9.13 Å². The van der Waals surface area contributed by atoms with Crippen LogP contribution in [0.4, 0.5) is 0 Å². The molecule has 4 N–H and O–H groups in total. The van der Waals surface area contributed by atoms with Gasteiger partial charge in [0.05, 0.1) is 26.4 Å². The highest BCUT2D eigenvalue weighted by Gasteiger charge is 2.29. The molecule has 0 radical (unpaired) electrons. The van der Waals surface area contributed by atoms with Crippen LogP contribution in [-0.4, -0.2) is 95.9 Å². The molecule has 0 saturated carbocycles. The number of ether oxygens (including phenoxy) is 3. The fourth-order valence-electron chi connectivity index (χ4n) is 10.1. The Balaban J connectivity index is 4.59. The maximum atomic E-state index is 13.0. The van der Waals surface area contributed by atoms with E-state index < -0.39 is 91.5 Å². The lowest BCUT2D eigenvalue weighted by atomic mass is 10.0. The minimum absolute atomic E-state index is 0.0781. The lowest BCUT2D eigenvalue weighted by Gasteiger charge is -2.21. The van der Waals surface area contributed by atoms with Crippen molar-refractivity contribution < 1.29 is 75.8 Å². The number of allylic oxidation sites excluding steroid dienone is 24. The molecule has 0 bridgehead atoms. The Morgan fingerprint density at radius 3 is 0.832 bits per heavy atom. The van der Waals surface area contributed by atoms with E-state index in [0.717, 1.165) is 173 Å². The van der Waals surface area contributed by atoms with Crippen LogP contribution >= 0.6 is 15.6 Å². The van der Waals surface area contributed by atoms with Gasteiger partial charge in [-0.2, -0.15) is 0 Å². The van der Waals surface area contributed by atoms with Crippen LogP contribution in [-0.2, 0) is 55.8 Å². The second-order valence-electron chi connectivity index (χ2n) is 25.7. The van der Waals surface area contributed by atoms with Gasteiger partial charge in [0.15, 0.2) is 6.10 Å². The van der Waals surface area contributed by atoms with Crippen LogP contribution in [0.3, 0.4) is 0 Å². The highest BCUT2D eigenvalue weighted by Crippen LogP contribution is 2.45. The Morgan fingerprint density at radius 1 is 0.287 bits per heavy atom. The Labute approximate surface area is 613 Å². The summed E-state index contributed by atoms with van der Waals surface area (Å²) in [7, 11) is -9.80. The van der Waals surface area contributed by atoms with E-state index in [1.54, 1.807) is 0 Å². The molecule has 0 fully saturated rings. The molecular weight excluding hydrogens is 1310 g/mol.